The number of unbranched alkanes of at least 4 members (excludes halogenated alkanes) is 1. The lowest BCUT2D eigenvalue weighted by atomic mass is 10.1. The Hall–Kier alpha value is -2.38. The normalized spacial score (nSPS) is 15.9. The van der Waals surface area contributed by atoms with Crippen LogP contribution in [0.1, 0.15) is 53.7 Å². The lowest BCUT2D eigenvalue weighted by Gasteiger charge is -2.16. The minimum absolute atomic E-state index is 0.0226. The van der Waals surface area contributed by atoms with Gasteiger partial charge in [0.05, 0.1) is 13.2 Å². The molecule has 1 atom stereocenters. The van der Waals surface area contributed by atoms with Crippen molar-refractivity contribution in [3.8, 4) is 5.75 Å². The number of nitrogens with one attached hydrogen (secondary N) is 2. The Morgan fingerprint density at radius 1 is 1.21 bits per heavy atom. The van der Waals surface area contributed by atoms with Crippen LogP contribution in [0, 0.1) is 0 Å². The molecule has 0 bridgehead atoms. The molecule has 0 spiro atoms. The van der Waals surface area contributed by atoms with Gasteiger partial charge >= 0.3 is 0 Å². The van der Waals surface area contributed by atoms with Crippen LogP contribution in [0.15, 0.2) is 47.4 Å². The molecule has 2 N–H and O–H groups in total. The lowest BCUT2D eigenvalue weighted by molar-refractivity contribution is 0.0936. The summed E-state index contributed by atoms with van der Waals surface area (Å²) in [6.45, 7) is 2.33. The second-order valence-corrected chi connectivity index (χ2v) is 8.62. The van der Waals surface area contributed by atoms with E-state index < -0.39 is 10.0 Å². The van der Waals surface area contributed by atoms with E-state index in [1.807, 2.05) is 25.1 Å². The first-order valence-electron chi connectivity index (χ1n) is 9.52. The standard InChI is InChI=1S/C21H26N2O4S/c1-3-4-13-22-28(25,26)20-14-16(10-12-19(20)27-2)21(24)23-18-11-9-15-7-5-6-8-17(15)18/h5-8,10,12,14,18,22H,3-4,9,11,13H2,1-2H3,(H,23,24)/t18-/m1/s1. The lowest BCUT2D eigenvalue weighted by Crippen LogP contribution is -2.28. The Kier molecular flexibility index (Phi) is 6.36. The van der Waals surface area contributed by atoms with E-state index in [1.165, 1.54) is 24.8 Å². The molecule has 0 radical (unpaired) electrons. The summed E-state index contributed by atoms with van der Waals surface area (Å²) in [6, 6.07) is 12.5. The average molecular weight is 403 g/mol. The number of sulfonamides is 1. The molecule has 0 heterocycles. The first-order chi connectivity index (χ1) is 13.5. The number of ether oxygens (including phenoxy) is 1. The minimum Gasteiger partial charge on any atom is -0.495 e. The zero-order valence-corrected chi connectivity index (χ0v) is 17.0. The van der Waals surface area contributed by atoms with E-state index in [0.717, 1.165) is 31.2 Å². The highest BCUT2D eigenvalue weighted by molar-refractivity contribution is 7.89. The fraction of sp³-hybridized carbons (Fsp3) is 0.381. The molecule has 1 amide bonds. The molecule has 150 valence electrons. The topological polar surface area (TPSA) is 84.5 Å². The second kappa shape index (κ2) is 8.75. The number of rotatable bonds is 8. The van der Waals surface area contributed by atoms with Gasteiger partial charge in [-0.15, -0.1) is 0 Å². The zero-order valence-electron chi connectivity index (χ0n) is 16.2. The number of aryl methyl sites for hydroxylation is 1. The molecule has 0 saturated carbocycles. The first kappa shape index (κ1) is 20.4. The van der Waals surface area contributed by atoms with Gasteiger partial charge in [-0.1, -0.05) is 37.6 Å². The van der Waals surface area contributed by atoms with Gasteiger partial charge in [0.1, 0.15) is 10.6 Å². The fourth-order valence-corrected chi connectivity index (χ4v) is 4.70. The van der Waals surface area contributed by atoms with Gasteiger partial charge < -0.3 is 10.1 Å². The van der Waals surface area contributed by atoms with Gasteiger partial charge in [0.25, 0.3) is 5.91 Å². The van der Waals surface area contributed by atoms with E-state index in [2.05, 4.69) is 16.1 Å². The molecule has 2 aromatic rings. The number of hydrogen-bond acceptors (Lipinski definition) is 4. The molecular formula is C21H26N2O4S. The molecule has 3 rings (SSSR count). The van der Waals surface area contributed by atoms with Gasteiger partial charge in [-0.25, -0.2) is 13.1 Å². The summed E-state index contributed by atoms with van der Waals surface area (Å²) in [5.74, 6) is -0.0823. The van der Waals surface area contributed by atoms with Crippen LogP contribution in [-0.4, -0.2) is 28.0 Å². The first-order valence-corrected chi connectivity index (χ1v) is 11.0. The maximum absolute atomic E-state index is 12.8. The summed E-state index contributed by atoms with van der Waals surface area (Å²) in [5.41, 5.74) is 2.66. The van der Waals surface area contributed by atoms with Crippen molar-refractivity contribution in [1.29, 1.82) is 0 Å². The van der Waals surface area contributed by atoms with Gasteiger partial charge in [0.15, 0.2) is 0 Å². The Morgan fingerprint density at radius 2 is 2.00 bits per heavy atom. The molecule has 0 aromatic heterocycles. The van der Waals surface area contributed by atoms with Gasteiger partial charge in [0.2, 0.25) is 10.0 Å². The van der Waals surface area contributed by atoms with Gasteiger partial charge in [-0.05, 0) is 48.6 Å². The number of methoxy groups -OCH3 is 1. The largest absolute Gasteiger partial charge is 0.495 e. The molecule has 6 nitrogen and oxygen atoms in total. The monoisotopic (exact) mass is 402 g/mol. The number of carbonyl (C=O) groups is 1. The maximum Gasteiger partial charge on any atom is 0.251 e. The third-order valence-electron chi connectivity index (χ3n) is 4.98. The molecule has 0 unspecified atom stereocenters. The highest BCUT2D eigenvalue weighted by Crippen LogP contribution is 2.31. The molecule has 1 aliphatic rings. The Bertz CT molecular complexity index is 957. The molecular weight excluding hydrogens is 376 g/mol. The van der Waals surface area contributed by atoms with E-state index >= 15 is 0 Å². The van der Waals surface area contributed by atoms with E-state index in [-0.39, 0.29) is 22.6 Å². The molecule has 0 fully saturated rings. The van der Waals surface area contributed by atoms with Gasteiger partial charge in [-0.3, -0.25) is 4.79 Å². The van der Waals surface area contributed by atoms with Crippen molar-refractivity contribution in [2.75, 3.05) is 13.7 Å². The smallest absolute Gasteiger partial charge is 0.251 e. The summed E-state index contributed by atoms with van der Waals surface area (Å²) in [6.07, 6.45) is 3.38. The van der Waals surface area contributed by atoms with Crippen LogP contribution in [0.2, 0.25) is 0 Å². The molecule has 2 aromatic carbocycles. The van der Waals surface area contributed by atoms with Crippen LogP contribution in [0.3, 0.4) is 0 Å². The van der Waals surface area contributed by atoms with E-state index in [4.69, 9.17) is 4.74 Å². The molecule has 0 aliphatic heterocycles. The molecule has 7 heteroatoms. The van der Waals surface area contributed by atoms with Crippen molar-refractivity contribution in [1.82, 2.24) is 10.0 Å². The van der Waals surface area contributed by atoms with Gasteiger partial charge in [0, 0.05) is 12.1 Å². The summed E-state index contributed by atoms with van der Waals surface area (Å²) >= 11 is 0. The Balaban J connectivity index is 1.82. The molecule has 0 saturated heterocycles. The predicted octanol–water partition coefficient (Wildman–Crippen LogP) is 3.19. The van der Waals surface area contributed by atoms with Crippen molar-refractivity contribution in [2.45, 2.75) is 43.5 Å². The zero-order chi connectivity index (χ0) is 20.1. The number of amides is 1. The number of benzene rings is 2. The van der Waals surface area contributed by atoms with Crippen molar-refractivity contribution in [3.63, 3.8) is 0 Å². The summed E-state index contributed by atoms with van der Waals surface area (Å²) in [7, 11) is -2.35. The van der Waals surface area contributed by atoms with Crippen LogP contribution in [-0.2, 0) is 16.4 Å². The number of carbonyl (C=O) groups excluding carboxylic acids is 1. The summed E-state index contributed by atoms with van der Waals surface area (Å²) < 4.78 is 33.1. The molecule has 28 heavy (non-hydrogen) atoms. The van der Waals surface area contributed by atoms with Crippen LogP contribution in [0.5, 0.6) is 5.75 Å². The SMILES string of the molecule is CCCCNS(=O)(=O)c1cc(C(=O)N[C@@H]2CCc3ccccc32)ccc1OC. The van der Waals surface area contributed by atoms with Crippen LogP contribution in [0.25, 0.3) is 0 Å². The average Bonchev–Trinajstić information content (AvgIpc) is 3.10. The van der Waals surface area contributed by atoms with Crippen molar-refractivity contribution in [3.05, 3.63) is 59.2 Å². The second-order valence-electron chi connectivity index (χ2n) is 6.88. The highest BCUT2D eigenvalue weighted by atomic mass is 32.2. The highest BCUT2D eigenvalue weighted by Gasteiger charge is 2.25. The van der Waals surface area contributed by atoms with Gasteiger partial charge in [-0.2, -0.15) is 0 Å². The quantitative estimate of drug-likeness (QED) is 0.664. The van der Waals surface area contributed by atoms with Crippen molar-refractivity contribution < 1.29 is 17.9 Å². The minimum atomic E-state index is -3.76. The van der Waals surface area contributed by atoms with Crippen LogP contribution < -0.4 is 14.8 Å². The Morgan fingerprint density at radius 3 is 2.75 bits per heavy atom. The van der Waals surface area contributed by atoms with E-state index in [9.17, 15) is 13.2 Å². The number of hydrogen-bond donors (Lipinski definition) is 2. The fourth-order valence-electron chi connectivity index (χ4n) is 3.44. The number of fused-ring (bicyclic) bond motifs is 1. The predicted molar refractivity (Wildman–Crippen MR) is 108 cm³/mol. The van der Waals surface area contributed by atoms with E-state index in [1.54, 1.807) is 6.07 Å². The third kappa shape index (κ3) is 4.36. The maximum atomic E-state index is 12.8. The summed E-state index contributed by atoms with van der Waals surface area (Å²) in [5, 5.41) is 3.02. The van der Waals surface area contributed by atoms with Crippen molar-refractivity contribution >= 4 is 15.9 Å². The van der Waals surface area contributed by atoms with Crippen LogP contribution >= 0.6 is 0 Å². The van der Waals surface area contributed by atoms with Crippen molar-refractivity contribution in [2.24, 2.45) is 0 Å². The Labute approximate surface area is 166 Å². The third-order valence-corrected chi connectivity index (χ3v) is 6.46. The summed E-state index contributed by atoms with van der Waals surface area (Å²) in [4.78, 5) is 12.8. The van der Waals surface area contributed by atoms with E-state index in [0.29, 0.717) is 12.1 Å². The van der Waals surface area contributed by atoms with Crippen LogP contribution in [0.4, 0.5) is 0 Å². The molecule has 1 aliphatic carbocycles.